The van der Waals surface area contributed by atoms with Gasteiger partial charge in [-0.3, -0.25) is 9.78 Å². The maximum absolute atomic E-state index is 11.9. The van der Waals surface area contributed by atoms with E-state index in [9.17, 15) is 4.79 Å². The molecule has 0 atom stereocenters. The molecule has 0 saturated carbocycles. The molecular weight excluding hydrogens is 333 g/mol. The SMILES string of the molecule is CC(=NNC(=O)c1ccncc1)c1ccc(Cl)c(Cl)c1Cl. The third-order valence-electron chi connectivity index (χ3n) is 2.69. The van der Waals surface area contributed by atoms with E-state index in [1.165, 1.54) is 12.4 Å². The van der Waals surface area contributed by atoms with Gasteiger partial charge in [0, 0.05) is 23.5 Å². The molecule has 0 aliphatic carbocycles. The topological polar surface area (TPSA) is 54.4 Å². The van der Waals surface area contributed by atoms with Gasteiger partial charge in [-0.05, 0) is 25.1 Å². The van der Waals surface area contributed by atoms with Gasteiger partial charge >= 0.3 is 0 Å². The van der Waals surface area contributed by atoms with E-state index in [1.54, 1.807) is 31.2 Å². The molecule has 1 amide bonds. The molecule has 0 radical (unpaired) electrons. The second-order valence-corrected chi connectivity index (χ2v) is 5.26. The summed E-state index contributed by atoms with van der Waals surface area (Å²) >= 11 is 17.9. The Morgan fingerprint density at radius 2 is 1.76 bits per heavy atom. The van der Waals surface area contributed by atoms with E-state index in [0.717, 1.165) is 0 Å². The number of hydrazone groups is 1. The van der Waals surface area contributed by atoms with E-state index < -0.39 is 0 Å². The Balaban J connectivity index is 2.19. The predicted molar refractivity (Wildman–Crippen MR) is 85.4 cm³/mol. The van der Waals surface area contributed by atoms with Gasteiger partial charge < -0.3 is 0 Å². The van der Waals surface area contributed by atoms with Gasteiger partial charge in [0.05, 0.1) is 20.8 Å². The van der Waals surface area contributed by atoms with Crippen LogP contribution in [0.15, 0.2) is 41.8 Å². The summed E-state index contributed by atoms with van der Waals surface area (Å²) in [5.74, 6) is -0.340. The fourth-order valence-corrected chi connectivity index (χ4v) is 2.24. The van der Waals surface area contributed by atoms with E-state index in [2.05, 4.69) is 15.5 Å². The van der Waals surface area contributed by atoms with Crippen LogP contribution in [0.5, 0.6) is 0 Å². The van der Waals surface area contributed by atoms with Crippen LogP contribution in [-0.2, 0) is 0 Å². The molecule has 1 aromatic carbocycles. The second kappa shape index (κ2) is 6.89. The number of pyridine rings is 1. The molecule has 0 unspecified atom stereocenters. The highest BCUT2D eigenvalue weighted by Crippen LogP contribution is 2.32. The van der Waals surface area contributed by atoms with Crippen molar-refractivity contribution in [3.8, 4) is 0 Å². The first-order chi connectivity index (χ1) is 10.0. The van der Waals surface area contributed by atoms with Crippen molar-refractivity contribution in [1.29, 1.82) is 0 Å². The van der Waals surface area contributed by atoms with Crippen LogP contribution in [0, 0.1) is 0 Å². The molecule has 1 heterocycles. The molecule has 0 fully saturated rings. The van der Waals surface area contributed by atoms with Crippen molar-refractivity contribution < 1.29 is 4.79 Å². The van der Waals surface area contributed by atoms with Gasteiger partial charge in [-0.1, -0.05) is 40.9 Å². The number of hydrogen-bond donors (Lipinski definition) is 1. The highest BCUT2D eigenvalue weighted by Gasteiger charge is 2.11. The molecule has 108 valence electrons. The summed E-state index contributed by atoms with van der Waals surface area (Å²) in [5.41, 5.74) is 4.02. The van der Waals surface area contributed by atoms with Crippen LogP contribution in [-0.4, -0.2) is 16.6 Å². The number of nitrogens with zero attached hydrogens (tertiary/aromatic N) is 2. The third kappa shape index (κ3) is 3.73. The molecular formula is C14H10Cl3N3O. The number of aromatic nitrogens is 1. The molecule has 0 spiro atoms. The number of hydrogen-bond acceptors (Lipinski definition) is 3. The zero-order valence-electron chi connectivity index (χ0n) is 10.9. The molecule has 2 rings (SSSR count). The van der Waals surface area contributed by atoms with Gasteiger partial charge in [-0.25, -0.2) is 5.43 Å². The van der Waals surface area contributed by atoms with Gasteiger partial charge in [0.15, 0.2) is 0 Å². The second-order valence-electron chi connectivity index (χ2n) is 4.10. The summed E-state index contributed by atoms with van der Waals surface area (Å²) in [6, 6.07) is 6.49. The number of carbonyl (C=O) groups is 1. The van der Waals surface area contributed by atoms with Crippen LogP contribution in [0.25, 0.3) is 0 Å². The lowest BCUT2D eigenvalue weighted by Gasteiger charge is -2.07. The Kier molecular flexibility index (Phi) is 5.17. The zero-order chi connectivity index (χ0) is 15.4. The summed E-state index contributed by atoms with van der Waals surface area (Å²) in [4.78, 5) is 15.7. The average molecular weight is 343 g/mol. The van der Waals surface area contributed by atoms with Crippen molar-refractivity contribution in [2.45, 2.75) is 6.92 Å². The zero-order valence-corrected chi connectivity index (χ0v) is 13.2. The summed E-state index contributed by atoms with van der Waals surface area (Å²) in [6.07, 6.45) is 3.06. The molecule has 0 saturated heterocycles. The van der Waals surface area contributed by atoms with Crippen molar-refractivity contribution in [1.82, 2.24) is 10.4 Å². The van der Waals surface area contributed by atoms with Gasteiger partial charge in [0.1, 0.15) is 0 Å². The first-order valence-corrected chi connectivity index (χ1v) is 7.02. The molecule has 4 nitrogen and oxygen atoms in total. The van der Waals surface area contributed by atoms with Crippen molar-refractivity contribution in [2.24, 2.45) is 5.10 Å². The maximum atomic E-state index is 11.9. The molecule has 21 heavy (non-hydrogen) atoms. The third-order valence-corrected chi connectivity index (χ3v) is 3.99. The van der Waals surface area contributed by atoms with E-state index in [1.807, 2.05) is 0 Å². The molecule has 2 aromatic rings. The number of halogens is 3. The summed E-state index contributed by atoms with van der Waals surface area (Å²) in [6.45, 7) is 1.71. The number of amides is 1. The first kappa shape index (κ1) is 15.8. The number of rotatable bonds is 3. The minimum absolute atomic E-state index is 0.255. The van der Waals surface area contributed by atoms with Crippen LogP contribution < -0.4 is 5.43 Å². The van der Waals surface area contributed by atoms with Gasteiger partial charge in [-0.15, -0.1) is 0 Å². The highest BCUT2D eigenvalue weighted by atomic mass is 35.5. The van der Waals surface area contributed by atoms with Crippen molar-refractivity contribution in [2.75, 3.05) is 0 Å². The maximum Gasteiger partial charge on any atom is 0.271 e. The lowest BCUT2D eigenvalue weighted by molar-refractivity contribution is 0.0954. The molecule has 0 aliphatic rings. The van der Waals surface area contributed by atoms with Gasteiger partial charge in [0.2, 0.25) is 0 Å². The minimum Gasteiger partial charge on any atom is -0.267 e. The summed E-state index contributed by atoms with van der Waals surface area (Å²) < 4.78 is 0. The van der Waals surface area contributed by atoms with Gasteiger partial charge in [0.25, 0.3) is 5.91 Å². The van der Waals surface area contributed by atoms with Crippen molar-refractivity contribution in [3.63, 3.8) is 0 Å². The fourth-order valence-electron chi connectivity index (χ4n) is 1.57. The Morgan fingerprint density at radius 3 is 2.43 bits per heavy atom. The monoisotopic (exact) mass is 341 g/mol. The number of benzene rings is 1. The summed E-state index contributed by atoms with van der Waals surface area (Å²) in [7, 11) is 0. The fraction of sp³-hybridized carbons (Fsp3) is 0.0714. The highest BCUT2D eigenvalue weighted by molar-refractivity contribution is 6.49. The van der Waals surface area contributed by atoms with Crippen molar-refractivity contribution >= 4 is 46.4 Å². The van der Waals surface area contributed by atoms with Crippen LogP contribution in [0.3, 0.4) is 0 Å². The van der Waals surface area contributed by atoms with E-state index >= 15 is 0 Å². The standard InChI is InChI=1S/C14H10Cl3N3O/c1-8(10-2-3-11(15)13(17)12(10)16)19-20-14(21)9-4-6-18-7-5-9/h2-7H,1H3,(H,20,21). The average Bonchev–Trinajstić information content (AvgIpc) is 2.51. The quantitative estimate of drug-likeness (QED) is 0.516. The Hall–Kier alpha value is -1.62. The summed E-state index contributed by atoms with van der Waals surface area (Å²) in [5, 5.41) is 4.92. The Labute approximate surface area is 136 Å². The number of nitrogens with one attached hydrogen (secondary N) is 1. The number of carbonyl (C=O) groups excluding carboxylic acids is 1. The van der Waals surface area contributed by atoms with Crippen LogP contribution in [0.4, 0.5) is 0 Å². The Bertz CT molecular complexity index is 702. The Morgan fingerprint density at radius 1 is 1.10 bits per heavy atom. The lowest BCUT2D eigenvalue weighted by atomic mass is 10.1. The van der Waals surface area contributed by atoms with E-state index in [4.69, 9.17) is 34.8 Å². The molecule has 0 aliphatic heterocycles. The van der Waals surface area contributed by atoms with Gasteiger partial charge in [-0.2, -0.15) is 5.10 Å². The molecule has 0 bridgehead atoms. The predicted octanol–water partition coefficient (Wildman–Crippen LogP) is 4.20. The minimum atomic E-state index is -0.340. The molecule has 7 heteroatoms. The normalized spacial score (nSPS) is 11.3. The van der Waals surface area contributed by atoms with E-state index in [0.29, 0.717) is 26.9 Å². The molecule has 1 aromatic heterocycles. The van der Waals surface area contributed by atoms with E-state index in [-0.39, 0.29) is 10.9 Å². The smallest absolute Gasteiger partial charge is 0.267 e. The van der Waals surface area contributed by atoms with Crippen molar-refractivity contribution in [3.05, 3.63) is 62.9 Å². The molecule has 1 N–H and O–H groups in total. The van der Waals surface area contributed by atoms with Crippen LogP contribution in [0.1, 0.15) is 22.8 Å². The largest absolute Gasteiger partial charge is 0.271 e. The van der Waals surface area contributed by atoms with Crippen LogP contribution in [0.2, 0.25) is 15.1 Å². The first-order valence-electron chi connectivity index (χ1n) is 5.89. The lowest BCUT2D eigenvalue weighted by Crippen LogP contribution is -2.19. The van der Waals surface area contributed by atoms with Crippen LogP contribution >= 0.6 is 34.8 Å².